The van der Waals surface area contributed by atoms with Crippen molar-refractivity contribution >= 4 is 0 Å². The number of likely N-dealkylation sites (tertiary alicyclic amines) is 1. The number of nitrogens with zero attached hydrogens (tertiary/aromatic N) is 1. The molecule has 2 atom stereocenters. The first kappa shape index (κ1) is 18.1. The maximum Gasteiger partial charge on any atom is 0.401 e. The molecule has 1 aliphatic rings. The summed E-state index contributed by atoms with van der Waals surface area (Å²) in [4.78, 5) is 1.48. The number of rotatable bonds is 1. The van der Waals surface area contributed by atoms with E-state index in [-0.39, 0.29) is 0 Å². The van der Waals surface area contributed by atoms with Gasteiger partial charge in [0.25, 0.3) is 0 Å². The fourth-order valence-electron chi connectivity index (χ4n) is 1.63. The van der Waals surface area contributed by atoms with Gasteiger partial charge in [0.15, 0.2) is 0 Å². The van der Waals surface area contributed by atoms with Crippen LogP contribution in [0.1, 0.15) is 41.5 Å². The Hall–Kier alpha value is -0.250. The maximum atomic E-state index is 11.9. The summed E-state index contributed by atoms with van der Waals surface area (Å²) < 4.78 is 35.8. The number of alkyl halides is 3. The van der Waals surface area contributed by atoms with Crippen LogP contribution in [-0.4, -0.2) is 30.7 Å². The van der Waals surface area contributed by atoms with Gasteiger partial charge >= 0.3 is 6.18 Å². The molecule has 1 heterocycles. The van der Waals surface area contributed by atoms with Crippen LogP contribution in [0.25, 0.3) is 0 Å². The van der Waals surface area contributed by atoms with E-state index in [4.69, 9.17) is 0 Å². The quantitative estimate of drug-likeness (QED) is 0.665. The molecule has 100 valence electrons. The van der Waals surface area contributed by atoms with Gasteiger partial charge in [-0.15, -0.1) is 0 Å². The smallest absolute Gasteiger partial charge is 0.294 e. The van der Waals surface area contributed by atoms with E-state index in [0.29, 0.717) is 24.9 Å². The number of hydrogen-bond acceptors (Lipinski definition) is 1. The lowest BCUT2D eigenvalue weighted by Gasteiger charge is -2.17. The minimum Gasteiger partial charge on any atom is -0.294 e. The zero-order chi connectivity index (χ0) is 13.4. The molecule has 0 aromatic heterocycles. The largest absolute Gasteiger partial charge is 0.401 e. The van der Waals surface area contributed by atoms with Crippen LogP contribution in [0.15, 0.2) is 0 Å². The Labute approximate surface area is 98.0 Å². The fraction of sp³-hybridized carbons (Fsp3) is 1.00. The van der Waals surface area contributed by atoms with E-state index >= 15 is 0 Å². The van der Waals surface area contributed by atoms with E-state index in [1.54, 1.807) is 0 Å². The SMILES string of the molecule is CC.CC.CC1CN(CC(F)(F)F)CC1C. The van der Waals surface area contributed by atoms with Crippen LogP contribution in [0.5, 0.6) is 0 Å². The Balaban J connectivity index is 0. The van der Waals surface area contributed by atoms with Crippen LogP contribution in [0.3, 0.4) is 0 Å². The summed E-state index contributed by atoms with van der Waals surface area (Å²) in [6.45, 7) is 12.4. The molecule has 0 amide bonds. The topological polar surface area (TPSA) is 3.24 Å². The van der Waals surface area contributed by atoms with E-state index < -0.39 is 12.7 Å². The predicted octanol–water partition coefficient (Wildman–Crippen LogP) is 4.19. The summed E-state index contributed by atoms with van der Waals surface area (Å²) in [5, 5.41) is 0. The van der Waals surface area contributed by atoms with Crippen molar-refractivity contribution in [1.82, 2.24) is 4.90 Å². The van der Waals surface area contributed by atoms with Crippen LogP contribution in [0.2, 0.25) is 0 Å². The highest BCUT2D eigenvalue weighted by atomic mass is 19.4. The van der Waals surface area contributed by atoms with Crippen molar-refractivity contribution in [2.75, 3.05) is 19.6 Å². The van der Waals surface area contributed by atoms with Gasteiger partial charge in [-0.05, 0) is 11.8 Å². The molecule has 0 bridgehead atoms. The third-order valence-electron chi connectivity index (χ3n) is 2.47. The van der Waals surface area contributed by atoms with Gasteiger partial charge in [0.05, 0.1) is 6.54 Å². The van der Waals surface area contributed by atoms with Gasteiger partial charge < -0.3 is 0 Å². The van der Waals surface area contributed by atoms with Gasteiger partial charge in [0.2, 0.25) is 0 Å². The van der Waals surface area contributed by atoms with Gasteiger partial charge in [-0.1, -0.05) is 41.5 Å². The molecule has 0 aliphatic carbocycles. The molecule has 1 saturated heterocycles. The minimum atomic E-state index is -4.04. The molecule has 0 N–H and O–H groups in total. The molecular formula is C12H26F3N. The predicted molar refractivity (Wildman–Crippen MR) is 63.5 cm³/mol. The van der Waals surface area contributed by atoms with Gasteiger partial charge in [-0.2, -0.15) is 13.2 Å². The average molecular weight is 241 g/mol. The summed E-state index contributed by atoms with van der Waals surface area (Å²) in [7, 11) is 0. The van der Waals surface area contributed by atoms with Crippen LogP contribution in [-0.2, 0) is 0 Å². The molecular weight excluding hydrogens is 215 g/mol. The molecule has 1 rings (SSSR count). The van der Waals surface area contributed by atoms with E-state index in [0.717, 1.165) is 0 Å². The second-order valence-electron chi connectivity index (χ2n) is 3.76. The lowest BCUT2D eigenvalue weighted by Crippen LogP contribution is -2.32. The van der Waals surface area contributed by atoms with Crippen LogP contribution in [0.4, 0.5) is 13.2 Å². The number of hydrogen-bond donors (Lipinski definition) is 0. The van der Waals surface area contributed by atoms with Crippen molar-refractivity contribution in [2.45, 2.75) is 47.7 Å². The summed E-state index contributed by atoms with van der Waals surface area (Å²) in [6.07, 6.45) is -4.04. The molecule has 2 unspecified atom stereocenters. The molecule has 0 aromatic rings. The highest BCUT2D eigenvalue weighted by Crippen LogP contribution is 2.25. The molecule has 0 saturated carbocycles. The molecule has 16 heavy (non-hydrogen) atoms. The van der Waals surface area contributed by atoms with Gasteiger partial charge in [-0.25, -0.2) is 0 Å². The Morgan fingerprint density at radius 3 is 1.50 bits per heavy atom. The second kappa shape index (κ2) is 8.85. The first-order valence-corrected chi connectivity index (χ1v) is 6.17. The molecule has 0 radical (unpaired) electrons. The van der Waals surface area contributed by atoms with Crippen molar-refractivity contribution in [3.63, 3.8) is 0 Å². The van der Waals surface area contributed by atoms with E-state index in [1.165, 1.54) is 4.90 Å². The van der Waals surface area contributed by atoms with Crippen molar-refractivity contribution in [2.24, 2.45) is 11.8 Å². The fourth-order valence-corrected chi connectivity index (χ4v) is 1.63. The van der Waals surface area contributed by atoms with Crippen LogP contribution in [0, 0.1) is 11.8 Å². The zero-order valence-electron chi connectivity index (χ0n) is 11.4. The first-order chi connectivity index (χ1) is 7.38. The summed E-state index contributed by atoms with van der Waals surface area (Å²) in [5.41, 5.74) is 0. The highest BCUT2D eigenvalue weighted by molar-refractivity contribution is 4.79. The van der Waals surface area contributed by atoms with E-state index in [1.807, 2.05) is 41.5 Å². The highest BCUT2D eigenvalue weighted by Gasteiger charge is 2.35. The molecule has 0 spiro atoms. The molecule has 1 aliphatic heterocycles. The third-order valence-corrected chi connectivity index (χ3v) is 2.47. The lowest BCUT2D eigenvalue weighted by atomic mass is 10.0. The first-order valence-electron chi connectivity index (χ1n) is 6.17. The standard InChI is InChI=1S/C8H14F3N.2C2H6/c1-6-3-12(4-7(6)2)5-8(9,10)11;2*1-2/h6-7H,3-5H2,1-2H3;2*1-2H3. The van der Waals surface area contributed by atoms with Crippen molar-refractivity contribution < 1.29 is 13.2 Å². The summed E-state index contributed by atoms with van der Waals surface area (Å²) >= 11 is 0. The molecule has 1 fully saturated rings. The third kappa shape index (κ3) is 7.97. The Morgan fingerprint density at radius 1 is 0.938 bits per heavy atom. The molecule has 0 aromatic carbocycles. The summed E-state index contributed by atoms with van der Waals surface area (Å²) in [5.74, 6) is 0.791. The Kier molecular flexibility index (Phi) is 10.0. The maximum absolute atomic E-state index is 11.9. The van der Waals surface area contributed by atoms with Crippen molar-refractivity contribution in [3.8, 4) is 0 Å². The second-order valence-corrected chi connectivity index (χ2v) is 3.76. The Morgan fingerprint density at radius 2 is 1.25 bits per heavy atom. The molecule has 4 heteroatoms. The van der Waals surface area contributed by atoms with E-state index in [9.17, 15) is 13.2 Å². The molecule has 1 nitrogen and oxygen atoms in total. The minimum absolute atomic E-state index is 0.396. The summed E-state index contributed by atoms with van der Waals surface area (Å²) in [6, 6.07) is 0. The Bertz CT molecular complexity index is 147. The van der Waals surface area contributed by atoms with Crippen molar-refractivity contribution in [1.29, 1.82) is 0 Å². The van der Waals surface area contributed by atoms with Crippen LogP contribution < -0.4 is 0 Å². The monoisotopic (exact) mass is 241 g/mol. The van der Waals surface area contributed by atoms with E-state index in [2.05, 4.69) is 0 Å². The lowest BCUT2D eigenvalue weighted by molar-refractivity contribution is -0.143. The van der Waals surface area contributed by atoms with Gasteiger partial charge in [0.1, 0.15) is 0 Å². The van der Waals surface area contributed by atoms with Crippen molar-refractivity contribution in [3.05, 3.63) is 0 Å². The van der Waals surface area contributed by atoms with Gasteiger partial charge in [0, 0.05) is 13.1 Å². The zero-order valence-corrected chi connectivity index (χ0v) is 11.4. The van der Waals surface area contributed by atoms with Gasteiger partial charge in [-0.3, -0.25) is 4.90 Å². The average Bonchev–Trinajstić information content (AvgIpc) is 2.49. The number of halogens is 3. The van der Waals surface area contributed by atoms with Crippen LogP contribution >= 0.6 is 0 Å². The normalized spacial score (nSPS) is 25.3.